The first kappa shape index (κ1) is 9.78. The lowest BCUT2D eigenvalue weighted by Gasteiger charge is -2.14. The van der Waals surface area contributed by atoms with Gasteiger partial charge < -0.3 is 11.1 Å². The zero-order valence-corrected chi connectivity index (χ0v) is 7.85. The summed E-state index contributed by atoms with van der Waals surface area (Å²) in [6, 6.07) is 0. The van der Waals surface area contributed by atoms with Gasteiger partial charge >= 0.3 is 0 Å². The lowest BCUT2D eigenvalue weighted by atomic mass is 10.0. The summed E-state index contributed by atoms with van der Waals surface area (Å²) in [6.45, 7) is 2.55. The molecule has 3 heteroatoms. The first-order chi connectivity index (χ1) is 5.83. The molecule has 0 heterocycles. The molecule has 3 N–H and O–H groups in total. The minimum Gasteiger partial charge on any atom is -0.329 e. The fourth-order valence-electron chi connectivity index (χ4n) is 1.24. The highest BCUT2D eigenvalue weighted by molar-refractivity contribution is 6.31. The van der Waals surface area contributed by atoms with Crippen LogP contribution in [0.2, 0.25) is 0 Å². The lowest BCUT2D eigenvalue weighted by Crippen LogP contribution is -2.27. The standard InChI is InChI=1S/C9H15ClN2/c10-9-3-1-2-8(6-9)7-12-5-4-11/h1,3,6,8,12H,2,4-5,7,11H2. The van der Waals surface area contributed by atoms with E-state index in [9.17, 15) is 0 Å². The van der Waals surface area contributed by atoms with E-state index < -0.39 is 0 Å². The van der Waals surface area contributed by atoms with E-state index in [2.05, 4.69) is 17.5 Å². The largest absolute Gasteiger partial charge is 0.329 e. The van der Waals surface area contributed by atoms with Gasteiger partial charge in [-0.25, -0.2) is 0 Å². The maximum absolute atomic E-state index is 5.85. The lowest BCUT2D eigenvalue weighted by molar-refractivity contribution is 0.563. The first-order valence-corrected chi connectivity index (χ1v) is 4.65. The molecule has 1 aliphatic rings. The molecule has 0 fully saturated rings. The average molecular weight is 187 g/mol. The van der Waals surface area contributed by atoms with E-state index in [4.69, 9.17) is 17.3 Å². The fraction of sp³-hybridized carbons (Fsp3) is 0.556. The summed E-state index contributed by atoms with van der Waals surface area (Å²) < 4.78 is 0. The van der Waals surface area contributed by atoms with E-state index in [0.29, 0.717) is 12.5 Å². The molecule has 0 aromatic carbocycles. The highest BCUT2D eigenvalue weighted by Crippen LogP contribution is 2.18. The molecule has 1 unspecified atom stereocenters. The number of allylic oxidation sites excluding steroid dienone is 3. The Bertz CT molecular complexity index is 187. The van der Waals surface area contributed by atoms with Crippen molar-refractivity contribution in [3.63, 3.8) is 0 Å². The third kappa shape index (κ3) is 3.39. The Hall–Kier alpha value is -0.310. The molecular weight excluding hydrogens is 172 g/mol. The Morgan fingerprint density at radius 3 is 3.17 bits per heavy atom. The fourth-order valence-corrected chi connectivity index (χ4v) is 1.50. The van der Waals surface area contributed by atoms with Gasteiger partial charge in [-0.05, 0) is 18.4 Å². The van der Waals surface area contributed by atoms with Crippen molar-refractivity contribution in [2.75, 3.05) is 19.6 Å². The third-order valence-electron chi connectivity index (χ3n) is 1.84. The van der Waals surface area contributed by atoms with Gasteiger partial charge in [0.25, 0.3) is 0 Å². The van der Waals surface area contributed by atoms with Crippen LogP contribution in [0.25, 0.3) is 0 Å². The second-order valence-corrected chi connectivity index (χ2v) is 3.38. The van der Waals surface area contributed by atoms with Crippen LogP contribution in [0.3, 0.4) is 0 Å². The van der Waals surface area contributed by atoms with Crippen LogP contribution in [0.5, 0.6) is 0 Å². The van der Waals surface area contributed by atoms with Crippen molar-refractivity contribution in [3.8, 4) is 0 Å². The van der Waals surface area contributed by atoms with Crippen molar-refractivity contribution in [1.82, 2.24) is 5.32 Å². The molecule has 0 aromatic rings. The van der Waals surface area contributed by atoms with Gasteiger partial charge in [-0.15, -0.1) is 0 Å². The summed E-state index contributed by atoms with van der Waals surface area (Å²) in [4.78, 5) is 0. The summed E-state index contributed by atoms with van der Waals surface area (Å²) >= 11 is 5.85. The Morgan fingerprint density at radius 2 is 2.50 bits per heavy atom. The SMILES string of the molecule is NCCNCC1C=C(Cl)C=CC1. The molecule has 12 heavy (non-hydrogen) atoms. The molecule has 1 aliphatic carbocycles. The number of hydrogen-bond acceptors (Lipinski definition) is 2. The molecule has 1 atom stereocenters. The van der Waals surface area contributed by atoms with Crippen molar-refractivity contribution in [1.29, 1.82) is 0 Å². The van der Waals surface area contributed by atoms with Crippen LogP contribution in [0, 0.1) is 5.92 Å². The highest BCUT2D eigenvalue weighted by atomic mass is 35.5. The topological polar surface area (TPSA) is 38.0 Å². The van der Waals surface area contributed by atoms with Gasteiger partial charge in [-0.3, -0.25) is 0 Å². The average Bonchev–Trinajstić information content (AvgIpc) is 2.05. The molecule has 0 saturated heterocycles. The zero-order chi connectivity index (χ0) is 8.81. The van der Waals surface area contributed by atoms with Gasteiger partial charge in [0.2, 0.25) is 0 Å². The molecule has 2 nitrogen and oxygen atoms in total. The number of nitrogens with two attached hydrogens (primary N) is 1. The van der Waals surface area contributed by atoms with Gasteiger partial charge in [0.05, 0.1) is 0 Å². The molecule has 0 aromatic heterocycles. The zero-order valence-electron chi connectivity index (χ0n) is 7.09. The van der Waals surface area contributed by atoms with Crippen LogP contribution in [0.4, 0.5) is 0 Å². The molecular formula is C9H15ClN2. The van der Waals surface area contributed by atoms with Crippen LogP contribution in [-0.4, -0.2) is 19.6 Å². The van der Waals surface area contributed by atoms with Gasteiger partial charge in [-0.1, -0.05) is 23.8 Å². The maximum Gasteiger partial charge on any atom is 0.0366 e. The molecule has 0 saturated carbocycles. The van der Waals surface area contributed by atoms with E-state index in [1.54, 1.807) is 0 Å². The monoisotopic (exact) mass is 186 g/mol. The van der Waals surface area contributed by atoms with Crippen molar-refractivity contribution in [2.45, 2.75) is 6.42 Å². The Morgan fingerprint density at radius 1 is 1.67 bits per heavy atom. The Balaban J connectivity index is 2.21. The number of hydrogen-bond donors (Lipinski definition) is 2. The molecule has 0 radical (unpaired) electrons. The van der Waals surface area contributed by atoms with Gasteiger partial charge in [-0.2, -0.15) is 0 Å². The summed E-state index contributed by atoms with van der Waals surface area (Å²) in [7, 11) is 0. The minimum absolute atomic E-state index is 0.536. The summed E-state index contributed by atoms with van der Waals surface area (Å²) in [6.07, 6.45) is 7.22. The number of rotatable bonds is 4. The maximum atomic E-state index is 5.85. The molecule has 0 bridgehead atoms. The summed E-state index contributed by atoms with van der Waals surface area (Å²) in [5.41, 5.74) is 5.35. The molecule has 0 spiro atoms. The van der Waals surface area contributed by atoms with E-state index in [-0.39, 0.29) is 0 Å². The van der Waals surface area contributed by atoms with Crippen molar-refractivity contribution < 1.29 is 0 Å². The van der Waals surface area contributed by atoms with Crippen LogP contribution < -0.4 is 11.1 Å². The van der Waals surface area contributed by atoms with Crippen molar-refractivity contribution in [3.05, 3.63) is 23.3 Å². The van der Waals surface area contributed by atoms with Crippen LogP contribution in [0.1, 0.15) is 6.42 Å². The quantitative estimate of drug-likeness (QED) is 0.649. The van der Waals surface area contributed by atoms with Gasteiger partial charge in [0.1, 0.15) is 0 Å². The summed E-state index contributed by atoms with van der Waals surface area (Å²) in [5.74, 6) is 0.536. The second-order valence-electron chi connectivity index (χ2n) is 2.94. The Kier molecular flexibility index (Phi) is 4.36. The van der Waals surface area contributed by atoms with Crippen molar-refractivity contribution in [2.24, 2.45) is 11.7 Å². The van der Waals surface area contributed by atoms with Crippen LogP contribution >= 0.6 is 11.6 Å². The van der Waals surface area contributed by atoms with Crippen LogP contribution in [-0.2, 0) is 0 Å². The second kappa shape index (κ2) is 5.36. The molecule has 0 amide bonds. The third-order valence-corrected chi connectivity index (χ3v) is 2.09. The van der Waals surface area contributed by atoms with E-state index in [0.717, 1.165) is 24.5 Å². The van der Waals surface area contributed by atoms with Crippen LogP contribution in [0.15, 0.2) is 23.3 Å². The van der Waals surface area contributed by atoms with Crippen molar-refractivity contribution >= 4 is 11.6 Å². The smallest absolute Gasteiger partial charge is 0.0366 e. The highest BCUT2D eigenvalue weighted by Gasteiger charge is 2.06. The predicted octanol–water partition coefficient (Wildman–Crippen LogP) is 1.23. The first-order valence-electron chi connectivity index (χ1n) is 4.27. The van der Waals surface area contributed by atoms with E-state index >= 15 is 0 Å². The Labute approximate surface area is 78.5 Å². The number of nitrogens with one attached hydrogen (secondary N) is 1. The number of halogens is 1. The van der Waals surface area contributed by atoms with E-state index in [1.165, 1.54) is 0 Å². The molecule has 0 aliphatic heterocycles. The molecule has 68 valence electrons. The van der Waals surface area contributed by atoms with Gasteiger partial charge in [0, 0.05) is 24.7 Å². The normalized spacial score (nSPS) is 22.5. The molecule has 1 rings (SSSR count). The van der Waals surface area contributed by atoms with E-state index in [1.807, 2.05) is 6.08 Å². The minimum atomic E-state index is 0.536. The summed E-state index contributed by atoms with van der Waals surface area (Å²) in [5, 5.41) is 4.11. The predicted molar refractivity (Wildman–Crippen MR) is 53.1 cm³/mol. The van der Waals surface area contributed by atoms with Gasteiger partial charge in [0.15, 0.2) is 0 Å².